The molecule has 0 unspecified atom stereocenters. The molecule has 2 amide bonds. The van der Waals surface area contributed by atoms with E-state index in [1.807, 2.05) is 111 Å². The Morgan fingerprint density at radius 1 is 0.556 bits per heavy atom. The average molecular weight is 981 g/mol. The van der Waals surface area contributed by atoms with Crippen molar-refractivity contribution in [2.75, 3.05) is 42.7 Å². The van der Waals surface area contributed by atoms with E-state index in [1.165, 1.54) is 36.5 Å². The summed E-state index contributed by atoms with van der Waals surface area (Å²) in [4.78, 5) is 33.4. The van der Waals surface area contributed by atoms with E-state index < -0.39 is 0 Å². The quantitative estimate of drug-likeness (QED) is 0.0283. The molecular formula is C60H76N4O8. The van der Waals surface area contributed by atoms with E-state index in [0.717, 1.165) is 90.7 Å². The van der Waals surface area contributed by atoms with E-state index in [1.54, 1.807) is 67.2 Å². The fourth-order valence-corrected chi connectivity index (χ4v) is 8.09. The fourth-order valence-electron chi connectivity index (χ4n) is 8.09. The summed E-state index contributed by atoms with van der Waals surface area (Å²) in [6.45, 7) is 6.27. The van der Waals surface area contributed by atoms with Gasteiger partial charge in [-0.3, -0.25) is 19.6 Å². The standard InChI is InChI=1S/C31H36N2O5.C29H40N2O3/c1-22(9-6-10-23-11-8-18-32-21-23)33-31(34)13-7-12-26(27-16-14-24(35-2)19-29(27)37-4)28-17-15-25(36-3)20-30(28)38-5;1-5-6-7-8-16-25(29-26(33-3)18-11-19-27(29)34-4)17-10-20-28(32)31-23(2)13-9-14-24-15-12-21-30-22-24/h7-8,11-22H,6,9-10H2,1-5H3,(H,33,34);10-12,15,17-23H,5-9,13-14,16H2,1-4H3,(H,31,32)/b13-7+;20-10+,25-17+/t22-;23-/m11/s1. The van der Waals surface area contributed by atoms with Crippen molar-refractivity contribution in [3.8, 4) is 34.5 Å². The molecule has 0 aliphatic heterocycles. The number of carbonyl (C=O) groups is 2. The van der Waals surface area contributed by atoms with Crippen molar-refractivity contribution >= 4 is 23.0 Å². The molecule has 0 aliphatic rings. The van der Waals surface area contributed by atoms with Crippen molar-refractivity contribution in [1.29, 1.82) is 0 Å². The van der Waals surface area contributed by atoms with Crippen LogP contribution in [0.1, 0.15) is 106 Å². The van der Waals surface area contributed by atoms with Crippen LogP contribution in [0.15, 0.2) is 140 Å². The first-order valence-electron chi connectivity index (χ1n) is 24.9. The van der Waals surface area contributed by atoms with Crippen molar-refractivity contribution < 1.29 is 38.0 Å². The third kappa shape index (κ3) is 19.5. The topological polar surface area (TPSA) is 139 Å². The number of pyridine rings is 2. The van der Waals surface area contributed by atoms with Crippen LogP contribution >= 0.6 is 0 Å². The summed E-state index contributed by atoms with van der Waals surface area (Å²) in [5.74, 6) is 3.95. The highest BCUT2D eigenvalue weighted by molar-refractivity contribution is 5.91. The fraction of sp³-hybridized carbons (Fsp3) is 0.367. The van der Waals surface area contributed by atoms with Gasteiger partial charge in [0.1, 0.15) is 34.5 Å². The lowest BCUT2D eigenvalue weighted by Crippen LogP contribution is -2.31. The van der Waals surface area contributed by atoms with Crippen LogP contribution in [0.3, 0.4) is 0 Å². The summed E-state index contributed by atoms with van der Waals surface area (Å²) in [5.41, 5.74) is 6.96. The second-order valence-corrected chi connectivity index (χ2v) is 17.3. The second-order valence-electron chi connectivity index (χ2n) is 17.3. The number of methoxy groups -OCH3 is 6. The van der Waals surface area contributed by atoms with Gasteiger partial charge in [-0.25, -0.2) is 0 Å². The van der Waals surface area contributed by atoms with E-state index in [4.69, 9.17) is 28.4 Å². The lowest BCUT2D eigenvalue weighted by atomic mass is 9.95. The Kier molecular flexibility index (Phi) is 25.9. The highest BCUT2D eigenvalue weighted by atomic mass is 16.5. The zero-order valence-electron chi connectivity index (χ0n) is 43.9. The van der Waals surface area contributed by atoms with Crippen LogP contribution in [0.5, 0.6) is 34.5 Å². The second kappa shape index (κ2) is 32.5. The van der Waals surface area contributed by atoms with Crippen LogP contribution in [0.4, 0.5) is 0 Å². The number of nitrogens with one attached hydrogen (secondary N) is 2. The SMILES string of the molecule is CCCCCC/C(=C\C=C\C(=O)N[C@H](C)CCCc1cccnc1)c1c(OC)cccc1OC.COc1ccc(C(=C/C=C/C(=O)N[C@H](C)CCCc2cccnc2)c2ccc(OC)cc2OC)c(OC)c1. The Labute approximate surface area is 428 Å². The zero-order chi connectivity index (χ0) is 51.9. The van der Waals surface area contributed by atoms with Crippen molar-refractivity contribution in [3.05, 3.63) is 168 Å². The molecule has 12 nitrogen and oxygen atoms in total. The van der Waals surface area contributed by atoms with Crippen molar-refractivity contribution in [2.45, 2.75) is 103 Å². The molecule has 2 aromatic heterocycles. The number of rotatable bonds is 28. The minimum absolute atomic E-state index is 0.0515. The van der Waals surface area contributed by atoms with Crippen molar-refractivity contribution in [1.82, 2.24) is 20.6 Å². The van der Waals surface area contributed by atoms with Gasteiger partial charge in [0, 0.05) is 72.3 Å². The molecule has 5 rings (SSSR count). The molecule has 12 heteroatoms. The number of benzene rings is 3. The van der Waals surface area contributed by atoms with E-state index in [-0.39, 0.29) is 23.9 Å². The van der Waals surface area contributed by atoms with Gasteiger partial charge in [-0.2, -0.15) is 0 Å². The van der Waals surface area contributed by atoms with Gasteiger partial charge in [0.05, 0.1) is 48.2 Å². The number of amides is 2. The monoisotopic (exact) mass is 981 g/mol. The summed E-state index contributed by atoms with van der Waals surface area (Å²) in [6.07, 6.45) is 29.2. The minimum Gasteiger partial charge on any atom is -0.497 e. The predicted octanol–water partition coefficient (Wildman–Crippen LogP) is 12.2. The normalized spacial score (nSPS) is 12.0. The molecule has 0 fully saturated rings. The first-order chi connectivity index (χ1) is 35.1. The van der Waals surface area contributed by atoms with Gasteiger partial charge in [0.2, 0.25) is 11.8 Å². The molecule has 2 N–H and O–H groups in total. The molecule has 0 spiro atoms. The Morgan fingerprint density at radius 2 is 1.04 bits per heavy atom. The van der Waals surface area contributed by atoms with Crippen LogP contribution < -0.4 is 39.1 Å². The molecule has 2 heterocycles. The highest BCUT2D eigenvalue weighted by Gasteiger charge is 2.18. The maximum atomic E-state index is 12.6. The number of unbranched alkanes of at least 4 members (excludes halogenated alkanes) is 3. The van der Waals surface area contributed by atoms with Gasteiger partial charge in [-0.05, 0) is 136 Å². The smallest absolute Gasteiger partial charge is 0.244 e. The Balaban J connectivity index is 0.000000315. The Bertz CT molecular complexity index is 2440. The third-order valence-corrected chi connectivity index (χ3v) is 11.9. The Morgan fingerprint density at radius 3 is 1.47 bits per heavy atom. The predicted molar refractivity (Wildman–Crippen MR) is 290 cm³/mol. The van der Waals surface area contributed by atoms with Crippen LogP contribution in [0.2, 0.25) is 0 Å². The van der Waals surface area contributed by atoms with Crippen LogP contribution in [-0.2, 0) is 22.4 Å². The molecular weight excluding hydrogens is 905 g/mol. The number of aryl methyl sites for hydroxylation is 2. The lowest BCUT2D eigenvalue weighted by molar-refractivity contribution is -0.117. The van der Waals surface area contributed by atoms with Crippen molar-refractivity contribution in [2.24, 2.45) is 0 Å². The summed E-state index contributed by atoms with van der Waals surface area (Å²) in [7, 11) is 9.79. The van der Waals surface area contributed by atoms with Gasteiger partial charge in [0.15, 0.2) is 0 Å². The third-order valence-electron chi connectivity index (χ3n) is 11.9. The van der Waals surface area contributed by atoms with Crippen LogP contribution in [0, 0.1) is 0 Å². The first kappa shape index (κ1) is 57.2. The maximum absolute atomic E-state index is 12.6. The molecule has 384 valence electrons. The van der Waals surface area contributed by atoms with Gasteiger partial charge in [0.25, 0.3) is 0 Å². The summed E-state index contributed by atoms with van der Waals surface area (Å²) in [5, 5.41) is 6.11. The van der Waals surface area contributed by atoms with Crippen LogP contribution in [0.25, 0.3) is 11.1 Å². The summed E-state index contributed by atoms with van der Waals surface area (Å²) in [6, 6.07) is 25.3. The molecule has 0 saturated carbocycles. The lowest BCUT2D eigenvalue weighted by Gasteiger charge is -2.17. The van der Waals surface area contributed by atoms with E-state index >= 15 is 0 Å². The first-order valence-corrected chi connectivity index (χ1v) is 24.9. The van der Waals surface area contributed by atoms with E-state index in [2.05, 4.69) is 39.7 Å². The van der Waals surface area contributed by atoms with Gasteiger partial charge >= 0.3 is 0 Å². The molecule has 5 aromatic rings. The average Bonchev–Trinajstić information content (AvgIpc) is 3.40. The van der Waals surface area contributed by atoms with Gasteiger partial charge < -0.3 is 39.1 Å². The van der Waals surface area contributed by atoms with Crippen molar-refractivity contribution in [3.63, 3.8) is 0 Å². The summed E-state index contributed by atoms with van der Waals surface area (Å²) < 4.78 is 33.3. The maximum Gasteiger partial charge on any atom is 0.244 e. The highest BCUT2D eigenvalue weighted by Crippen LogP contribution is 2.40. The molecule has 0 bridgehead atoms. The molecule has 0 radical (unpaired) electrons. The van der Waals surface area contributed by atoms with Gasteiger partial charge in [-0.1, -0.05) is 68.7 Å². The molecule has 3 aromatic carbocycles. The zero-order valence-corrected chi connectivity index (χ0v) is 43.9. The largest absolute Gasteiger partial charge is 0.497 e. The Hall–Kier alpha value is -7.34. The molecule has 2 atom stereocenters. The van der Waals surface area contributed by atoms with Gasteiger partial charge in [-0.15, -0.1) is 0 Å². The number of carbonyl (C=O) groups excluding carboxylic acids is 2. The number of aromatic nitrogens is 2. The number of ether oxygens (including phenoxy) is 6. The molecule has 72 heavy (non-hydrogen) atoms. The number of hydrogen-bond acceptors (Lipinski definition) is 10. The molecule has 0 saturated heterocycles. The van der Waals surface area contributed by atoms with Crippen LogP contribution in [-0.4, -0.2) is 76.5 Å². The number of allylic oxidation sites excluding steroid dienone is 5. The number of hydrogen-bond donors (Lipinski definition) is 2. The van der Waals surface area contributed by atoms with E-state index in [9.17, 15) is 9.59 Å². The minimum atomic E-state index is -0.155. The van der Waals surface area contributed by atoms with E-state index in [0.29, 0.717) is 23.0 Å². The number of nitrogens with zero attached hydrogens (tertiary/aromatic N) is 2. The molecule has 0 aliphatic carbocycles. The summed E-state index contributed by atoms with van der Waals surface area (Å²) >= 11 is 0.